The van der Waals surface area contributed by atoms with E-state index in [0.29, 0.717) is 22.7 Å². The van der Waals surface area contributed by atoms with Crippen LogP contribution in [0.3, 0.4) is 0 Å². The smallest absolute Gasteiger partial charge is 0.322 e. The van der Waals surface area contributed by atoms with E-state index in [4.69, 9.17) is 0 Å². The van der Waals surface area contributed by atoms with Gasteiger partial charge in [0, 0.05) is 17.7 Å². The van der Waals surface area contributed by atoms with Gasteiger partial charge in [-0.05, 0) is 36.2 Å². The van der Waals surface area contributed by atoms with E-state index in [-0.39, 0.29) is 5.56 Å². The average Bonchev–Trinajstić information content (AvgIpc) is 2.62. The number of pyridine rings is 1. The number of nitrogens with one attached hydrogen (secondary N) is 1. The Bertz CT molecular complexity index is 979. The Morgan fingerprint density at radius 3 is 2.46 bits per heavy atom. The Labute approximate surface area is 148 Å². The van der Waals surface area contributed by atoms with Gasteiger partial charge in [0.05, 0.1) is 16.8 Å². The van der Waals surface area contributed by atoms with E-state index in [1.54, 1.807) is 36.5 Å². The van der Waals surface area contributed by atoms with Gasteiger partial charge in [0.2, 0.25) is 5.91 Å². The van der Waals surface area contributed by atoms with Gasteiger partial charge in [-0.25, -0.2) is 0 Å². The van der Waals surface area contributed by atoms with Crippen molar-refractivity contribution in [1.29, 1.82) is 0 Å². The van der Waals surface area contributed by atoms with Crippen molar-refractivity contribution < 1.29 is 18.0 Å². The quantitative estimate of drug-likeness (QED) is 0.661. The average molecular weight is 356 g/mol. The topological polar surface area (TPSA) is 42.0 Å². The van der Waals surface area contributed by atoms with Crippen LogP contribution >= 0.6 is 0 Å². The van der Waals surface area contributed by atoms with Gasteiger partial charge >= 0.3 is 6.18 Å². The fourth-order valence-corrected chi connectivity index (χ4v) is 2.67. The monoisotopic (exact) mass is 356 g/mol. The molecule has 3 rings (SSSR count). The number of anilines is 1. The molecule has 0 saturated carbocycles. The highest BCUT2D eigenvalue weighted by atomic mass is 19.4. The maximum Gasteiger partial charge on any atom is 0.417 e. The molecule has 0 aliphatic rings. The highest BCUT2D eigenvalue weighted by molar-refractivity contribution is 6.09. The highest BCUT2D eigenvalue weighted by Crippen LogP contribution is 2.34. The first-order valence-electron chi connectivity index (χ1n) is 7.86. The predicted octanol–water partition coefficient (Wildman–Crippen LogP) is 5.13. The molecule has 26 heavy (non-hydrogen) atoms. The molecule has 0 saturated heterocycles. The van der Waals surface area contributed by atoms with Crippen molar-refractivity contribution in [3.05, 3.63) is 78.0 Å². The molecule has 0 atom stereocenters. The lowest BCUT2D eigenvalue weighted by Gasteiger charge is -2.13. The number of aromatic nitrogens is 1. The Morgan fingerprint density at radius 2 is 1.77 bits per heavy atom. The summed E-state index contributed by atoms with van der Waals surface area (Å²) in [6, 6.07) is 14.1. The Hall–Kier alpha value is -3.15. The molecule has 6 heteroatoms. The second kappa shape index (κ2) is 7.00. The number of aryl methyl sites for hydroxylation is 1. The summed E-state index contributed by atoms with van der Waals surface area (Å²) in [5, 5.41) is 3.20. The summed E-state index contributed by atoms with van der Waals surface area (Å²) in [5.41, 5.74) is 0.952. The molecular formula is C20H15F3N2O. The molecule has 0 unspecified atom stereocenters. The van der Waals surface area contributed by atoms with Crippen molar-refractivity contribution in [2.75, 3.05) is 5.32 Å². The first-order chi connectivity index (χ1) is 12.4. The van der Waals surface area contributed by atoms with Gasteiger partial charge in [-0.15, -0.1) is 0 Å². The van der Waals surface area contributed by atoms with Crippen LogP contribution in [0, 0.1) is 6.92 Å². The van der Waals surface area contributed by atoms with Crippen LogP contribution in [-0.4, -0.2) is 17.1 Å². The second-order valence-electron chi connectivity index (χ2n) is 5.74. The lowest BCUT2D eigenvalue weighted by Crippen LogP contribution is -2.16. The summed E-state index contributed by atoms with van der Waals surface area (Å²) in [4.78, 5) is 16.5. The summed E-state index contributed by atoms with van der Waals surface area (Å²) in [7, 11) is 0. The predicted molar refractivity (Wildman–Crippen MR) is 95.6 cm³/mol. The SMILES string of the molecule is Cc1ccc(NC(=O)/C=C(/c2ccccc2)C(F)(F)F)c2cccnc12. The van der Waals surface area contributed by atoms with Crippen molar-refractivity contribution in [2.24, 2.45) is 0 Å². The third kappa shape index (κ3) is 3.74. The number of amides is 1. The summed E-state index contributed by atoms with van der Waals surface area (Å²) in [6.45, 7) is 1.87. The molecular weight excluding hydrogens is 341 g/mol. The minimum Gasteiger partial charge on any atom is -0.322 e. The molecule has 1 N–H and O–H groups in total. The fourth-order valence-electron chi connectivity index (χ4n) is 2.67. The van der Waals surface area contributed by atoms with Crippen LogP contribution in [-0.2, 0) is 4.79 Å². The minimum atomic E-state index is -4.64. The third-order valence-electron chi connectivity index (χ3n) is 3.89. The van der Waals surface area contributed by atoms with E-state index >= 15 is 0 Å². The molecule has 0 spiro atoms. The van der Waals surface area contributed by atoms with Gasteiger partial charge < -0.3 is 5.32 Å². The van der Waals surface area contributed by atoms with E-state index in [0.717, 1.165) is 5.56 Å². The molecule has 1 heterocycles. The van der Waals surface area contributed by atoms with Gasteiger partial charge in [0.15, 0.2) is 0 Å². The molecule has 0 fully saturated rings. The van der Waals surface area contributed by atoms with Crippen molar-refractivity contribution in [3.8, 4) is 0 Å². The number of carbonyl (C=O) groups is 1. The molecule has 0 radical (unpaired) electrons. The van der Waals surface area contributed by atoms with Gasteiger partial charge in [-0.3, -0.25) is 9.78 Å². The number of hydrogen-bond donors (Lipinski definition) is 1. The lowest BCUT2D eigenvalue weighted by molar-refractivity contribution is -0.112. The lowest BCUT2D eigenvalue weighted by atomic mass is 10.0. The summed E-state index contributed by atoms with van der Waals surface area (Å²) >= 11 is 0. The van der Waals surface area contributed by atoms with Gasteiger partial charge in [0.25, 0.3) is 0 Å². The largest absolute Gasteiger partial charge is 0.417 e. The van der Waals surface area contributed by atoms with Crippen molar-refractivity contribution in [3.63, 3.8) is 0 Å². The van der Waals surface area contributed by atoms with Crippen molar-refractivity contribution >= 4 is 28.1 Å². The zero-order chi connectivity index (χ0) is 18.7. The second-order valence-corrected chi connectivity index (χ2v) is 5.74. The fraction of sp³-hybridized carbons (Fsp3) is 0.100. The number of rotatable bonds is 3. The van der Waals surface area contributed by atoms with Crippen LogP contribution in [0.1, 0.15) is 11.1 Å². The van der Waals surface area contributed by atoms with Gasteiger partial charge in [-0.1, -0.05) is 36.4 Å². The third-order valence-corrected chi connectivity index (χ3v) is 3.89. The van der Waals surface area contributed by atoms with E-state index in [1.165, 1.54) is 24.3 Å². The molecule has 0 aliphatic heterocycles. The van der Waals surface area contributed by atoms with Gasteiger partial charge in [0.1, 0.15) is 0 Å². The van der Waals surface area contributed by atoms with E-state index < -0.39 is 17.7 Å². The molecule has 3 nitrogen and oxygen atoms in total. The maximum atomic E-state index is 13.4. The summed E-state index contributed by atoms with van der Waals surface area (Å²) < 4.78 is 40.1. The number of allylic oxidation sites excluding steroid dienone is 1. The van der Waals surface area contributed by atoms with Crippen LogP contribution < -0.4 is 5.32 Å². The Kier molecular flexibility index (Phi) is 4.75. The zero-order valence-corrected chi connectivity index (χ0v) is 13.8. The number of hydrogen-bond acceptors (Lipinski definition) is 2. The van der Waals surface area contributed by atoms with Crippen LogP contribution in [0.5, 0.6) is 0 Å². The zero-order valence-electron chi connectivity index (χ0n) is 13.8. The maximum absolute atomic E-state index is 13.4. The van der Waals surface area contributed by atoms with E-state index in [9.17, 15) is 18.0 Å². The number of carbonyl (C=O) groups excluding carboxylic acids is 1. The Morgan fingerprint density at radius 1 is 1.04 bits per heavy atom. The number of benzene rings is 2. The number of alkyl halides is 3. The normalized spacial score (nSPS) is 12.2. The molecule has 3 aromatic rings. The van der Waals surface area contributed by atoms with Crippen LogP contribution in [0.4, 0.5) is 18.9 Å². The first kappa shape index (κ1) is 17.7. The van der Waals surface area contributed by atoms with Crippen LogP contribution in [0.2, 0.25) is 0 Å². The minimum absolute atomic E-state index is 0.0643. The molecule has 0 bridgehead atoms. The van der Waals surface area contributed by atoms with E-state index in [1.807, 2.05) is 6.92 Å². The highest BCUT2D eigenvalue weighted by Gasteiger charge is 2.35. The van der Waals surface area contributed by atoms with Gasteiger partial charge in [-0.2, -0.15) is 13.2 Å². The molecule has 1 amide bonds. The van der Waals surface area contributed by atoms with E-state index in [2.05, 4.69) is 10.3 Å². The molecule has 132 valence electrons. The summed E-state index contributed by atoms with van der Waals surface area (Å²) in [5.74, 6) is -0.852. The van der Waals surface area contributed by atoms with Crippen molar-refractivity contribution in [2.45, 2.75) is 13.1 Å². The van der Waals surface area contributed by atoms with Crippen molar-refractivity contribution in [1.82, 2.24) is 4.98 Å². The number of nitrogens with zero attached hydrogens (tertiary/aromatic N) is 1. The molecule has 1 aromatic heterocycles. The molecule has 2 aromatic carbocycles. The first-order valence-corrected chi connectivity index (χ1v) is 7.86. The summed E-state index contributed by atoms with van der Waals surface area (Å²) in [6.07, 6.45) is -2.44. The molecule has 0 aliphatic carbocycles. The number of fused-ring (bicyclic) bond motifs is 1. The van der Waals surface area contributed by atoms with Crippen LogP contribution in [0.25, 0.3) is 16.5 Å². The Balaban J connectivity index is 1.97. The number of halogens is 3. The van der Waals surface area contributed by atoms with Crippen LogP contribution in [0.15, 0.2) is 66.9 Å². The standard InChI is InChI=1S/C20H15F3N2O/c1-13-9-10-17(15-8-5-11-24-19(13)15)25-18(26)12-16(20(21,22)23)14-6-3-2-4-7-14/h2-12H,1H3,(H,25,26)/b16-12-.